The smallest absolute Gasteiger partial charge is 0.166 e. The molecule has 0 radical (unpaired) electrons. The van der Waals surface area contributed by atoms with Gasteiger partial charge in [-0.1, -0.05) is 30.3 Å². The molecule has 1 aliphatic heterocycles. The lowest BCUT2D eigenvalue weighted by Crippen LogP contribution is -2.30. The standard InChI is InChI=1S/C16H16N4O3/c1-9-13(21)14(22)16(23-9)20-8-19-12-11(17-7-18-15(12)20)10-5-3-2-4-6-10/h2-9,13-14,16,21-22H,1H3/t9-,13-,14-,16-/m1/s1. The van der Waals surface area contributed by atoms with Gasteiger partial charge in [0.2, 0.25) is 0 Å². The van der Waals surface area contributed by atoms with Gasteiger partial charge in [-0.05, 0) is 6.92 Å². The second-order valence-corrected chi connectivity index (χ2v) is 5.63. The Hall–Kier alpha value is -2.35. The molecule has 0 amide bonds. The minimum Gasteiger partial charge on any atom is -0.388 e. The molecule has 1 saturated heterocycles. The highest BCUT2D eigenvalue weighted by molar-refractivity contribution is 5.87. The fourth-order valence-electron chi connectivity index (χ4n) is 2.90. The molecule has 0 bridgehead atoms. The van der Waals surface area contributed by atoms with E-state index >= 15 is 0 Å². The lowest BCUT2D eigenvalue weighted by atomic mass is 10.1. The van der Waals surface area contributed by atoms with Crippen LogP contribution in [0.3, 0.4) is 0 Å². The molecular formula is C16H16N4O3. The SMILES string of the molecule is C[C@H]1O[C@@H](n2cnc3c(-c4ccccc4)ncnc32)[C@H](O)[C@@H]1O. The van der Waals surface area contributed by atoms with E-state index in [1.807, 2.05) is 30.3 Å². The molecular weight excluding hydrogens is 296 g/mol. The summed E-state index contributed by atoms with van der Waals surface area (Å²) in [5, 5.41) is 20.1. The Kier molecular flexibility index (Phi) is 3.33. The number of aliphatic hydroxyl groups is 2. The molecule has 3 heterocycles. The van der Waals surface area contributed by atoms with Crippen LogP contribution in [0.5, 0.6) is 0 Å². The third-order valence-electron chi connectivity index (χ3n) is 4.16. The summed E-state index contributed by atoms with van der Waals surface area (Å²) in [7, 11) is 0. The van der Waals surface area contributed by atoms with Crippen LogP contribution in [0.15, 0.2) is 43.0 Å². The third-order valence-corrected chi connectivity index (χ3v) is 4.16. The number of hydrogen-bond donors (Lipinski definition) is 2. The zero-order chi connectivity index (χ0) is 16.0. The lowest BCUT2D eigenvalue weighted by Gasteiger charge is -2.16. The van der Waals surface area contributed by atoms with Crippen LogP contribution < -0.4 is 0 Å². The van der Waals surface area contributed by atoms with Crippen LogP contribution in [0.4, 0.5) is 0 Å². The maximum atomic E-state index is 10.2. The molecule has 4 rings (SSSR count). The molecule has 1 fully saturated rings. The number of ether oxygens (including phenoxy) is 1. The third kappa shape index (κ3) is 2.21. The highest BCUT2D eigenvalue weighted by Crippen LogP contribution is 2.32. The van der Waals surface area contributed by atoms with Crippen molar-refractivity contribution in [3.05, 3.63) is 43.0 Å². The molecule has 0 saturated carbocycles. The van der Waals surface area contributed by atoms with Crippen LogP contribution in [0.2, 0.25) is 0 Å². The van der Waals surface area contributed by atoms with E-state index in [9.17, 15) is 10.2 Å². The van der Waals surface area contributed by atoms with E-state index in [0.717, 1.165) is 11.3 Å². The van der Waals surface area contributed by atoms with Crippen molar-refractivity contribution >= 4 is 11.2 Å². The van der Waals surface area contributed by atoms with Gasteiger partial charge in [0.25, 0.3) is 0 Å². The largest absolute Gasteiger partial charge is 0.388 e. The second-order valence-electron chi connectivity index (χ2n) is 5.63. The number of rotatable bonds is 2. The van der Waals surface area contributed by atoms with Gasteiger partial charge in [0.15, 0.2) is 11.9 Å². The molecule has 23 heavy (non-hydrogen) atoms. The second kappa shape index (κ2) is 5.38. The van der Waals surface area contributed by atoms with Gasteiger partial charge < -0.3 is 14.9 Å². The monoisotopic (exact) mass is 312 g/mol. The number of aromatic nitrogens is 4. The van der Waals surface area contributed by atoms with Gasteiger partial charge >= 0.3 is 0 Å². The van der Waals surface area contributed by atoms with Gasteiger partial charge in [-0.2, -0.15) is 0 Å². The summed E-state index contributed by atoms with van der Waals surface area (Å²) in [4.78, 5) is 13.0. The quantitative estimate of drug-likeness (QED) is 0.737. The number of nitrogens with zero attached hydrogens (tertiary/aromatic N) is 4. The van der Waals surface area contributed by atoms with Gasteiger partial charge in [0.05, 0.1) is 12.4 Å². The molecule has 0 unspecified atom stereocenters. The molecule has 4 atom stereocenters. The average molecular weight is 312 g/mol. The zero-order valence-electron chi connectivity index (χ0n) is 12.4. The number of aliphatic hydroxyl groups excluding tert-OH is 2. The van der Waals surface area contributed by atoms with Crippen molar-refractivity contribution in [1.82, 2.24) is 19.5 Å². The maximum absolute atomic E-state index is 10.2. The molecule has 2 N–H and O–H groups in total. The predicted molar refractivity (Wildman–Crippen MR) is 82.4 cm³/mol. The van der Waals surface area contributed by atoms with Crippen molar-refractivity contribution in [2.45, 2.75) is 31.5 Å². The summed E-state index contributed by atoms with van der Waals surface area (Å²) in [6.07, 6.45) is -0.120. The Balaban J connectivity index is 1.83. The van der Waals surface area contributed by atoms with Gasteiger partial charge in [-0.25, -0.2) is 15.0 Å². The predicted octanol–water partition coefficient (Wildman–Crippen LogP) is 1.13. The number of benzene rings is 1. The summed E-state index contributed by atoms with van der Waals surface area (Å²) in [6.45, 7) is 1.72. The van der Waals surface area contributed by atoms with Crippen molar-refractivity contribution in [2.24, 2.45) is 0 Å². The molecule has 7 nitrogen and oxygen atoms in total. The number of hydrogen-bond acceptors (Lipinski definition) is 6. The molecule has 3 aromatic rings. The van der Waals surface area contributed by atoms with E-state index in [-0.39, 0.29) is 0 Å². The van der Waals surface area contributed by atoms with E-state index in [1.165, 1.54) is 6.33 Å². The van der Waals surface area contributed by atoms with E-state index in [2.05, 4.69) is 15.0 Å². The summed E-state index contributed by atoms with van der Waals surface area (Å²) in [5.74, 6) is 0. The van der Waals surface area contributed by atoms with Crippen LogP contribution in [0.25, 0.3) is 22.4 Å². The highest BCUT2D eigenvalue weighted by Gasteiger charge is 2.42. The highest BCUT2D eigenvalue weighted by atomic mass is 16.6. The van der Waals surface area contributed by atoms with Crippen molar-refractivity contribution < 1.29 is 14.9 Å². The maximum Gasteiger partial charge on any atom is 0.166 e. The van der Waals surface area contributed by atoms with Gasteiger partial charge in [0.1, 0.15) is 29.7 Å². The number of imidazole rings is 1. The van der Waals surface area contributed by atoms with Crippen molar-refractivity contribution in [3.63, 3.8) is 0 Å². The molecule has 2 aromatic heterocycles. The Labute approximate surface area is 132 Å². The first kappa shape index (κ1) is 14.3. The molecule has 0 spiro atoms. The summed E-state index contributed by atoms with van der Waals surface area (Å²) >= 11 is 0. The number of fused-ring (bicyclic) bond motifs is 1. The van der Waals surface area contributed by atoms with E-state index < -0.39 is 24.5 Å². The molecule has 118 valence electrons. The Morgan fingerprint density at radius 2 is 1.83 bits per heavy atom. The molecule has 1 aromatic carbocycles. The summed E-state index contributed by atoms with van der Waals surface area (Å²) < 4.78 is 7.29. The molecule has 0 aliphatic carbocycles. The summed E-state index contributed by atoms with van der Waals surface area (Å²) in [6, 6.07) is 9.71. The van der Waals surface area contributed by atoms with E-state index in [0.29, 0.717) is 11.2 Å². The Bertz CT molecular complexity index is 836. The zero-order valence-corrected chi connectivity index (χ0v) is 12.4. The van der Waals surface area contributed by atoms with Crippen molar-refractivity contribution in [3.8, 4) is 11.3 Å². The van der Waals surface area contributed by atoms with Crippen LogP contribution in [0, 0.1) is 0 Å². The topological polar surface area (TPSA) is 93.3 Å². The normalized spacial score (nSPS) is 27.6. The van der Waals surface area contributed by atoms with Crippen molar-refractivity contribution in [1.29, 1.82) is 0 Å². The Morgan fingerprint density at radius 1 is 1.04 bits per heavy atom. The van der Waals surface area contributed by atoms with Crippen LogP contribution >= 0.6 is 0 Å². The van der Waals surface area contributed by atoms with Gasteiger partial charge in [-0.15, -0.1) is 0 Å². The lowest BCUT2D eigenvalue weighted by molar-refractivity contribution is -0.0299. The summed E-state index contributed by atoms with van der Waals surface area (Å²) in [5.41, 5.74) is 2.84. The first-order chi connectivity index (χ1) is 11.2. The van der Waals surface area contributed by atoms with Gasteiger partial charge in [-0.3, -0.25) is 4.57 Å². The van der Waals surface area contributed by atoms with Crippen molar-refractivity contribution in [2.75, 3.05) is 0 Å². The fraction of sp³-hybridized carbons (Fsp3) is 0.312. The first-order valence-electron chi connectivity index (χ1n) is 7.41. The average Bonchev–Trinajstić information content (AvgIpc) is 3.12. The Morgan fingerprint density at radius 3 is 2.52 bits per heavy atom. The fourth-order valence-corrected chi connectivity index (χ4v) is 2.90. The minimum atomic E-state index is -1.03. The van der Waals surface area contributed by atoms with Crippen LogP contribution in [-0.4, -0.2) is 48.0 Å². The van der Waals surface area contributed by atoms with Crippen LogP contribution in [-0.2, 0) is 4.74 Å². The van der Waals surface area contributed by atoms with Gasteiger partial charge in [0, 0.05) is 5.56 Å². The van der Waals surface area contributed by atoms with E-state index in [1.54, 1.807) is 17.8 Å². The van der Waals surface area contributed by atoms with E-state index in [4.69, 9.17) is 4.74 Å². The minimum absolute atomic E-state index is 0.456. The molecule has 7 heteroatoms. The first-order valence-corrected chi connectivity index (χ1v) is 7.41. The molecule has 1 aliphatic rings. The van der Waals surface area contributed by atoms with Crippen LogP contribution in [0.1, 0.15) is 13.2 Å².